The SMILES string of the molecule is CCC(Nc1nc(NCc2ccc(-c3cccs3)cc2)c2ncn(C3CCCC3)c2n1)C(C)O. The minimum Gasteiger partial charge on any atom is -0.391 e. The van der Waals surface area contributed by atoms with Crippen LogP contribution in [-0.4, -0.2) is 36.8 Å². The number of hydrogen-bond acceptors (Lipinski definition) is 7. The predicted molar refractivity (Wildman–Crippen MR) is 139 cm³/mol. The monoisotopic (exact) mass is 476 g/mol. The van der Waals surface area contributed by atoms with Crippen molar-refractivity contribution in [2.24, 2.45) is 0 Å². The van der Waals surface area contributed by atoms with Crippen LogP contribution in [0.1, 0.15) is 57.6 Å². The van der Waals surface area contributed by atoms with Crippen molar-refractivity contribution in [1.82, 2.24) is 19.5 Å². The van der Waals surface area contributed by atoms with Gasteiger partial charge in [-0.3, -0.25) is 0 Å². The van der Waals surface area contributed by atoms with Crippen LogP contribution < -0.4 is 10.6 Å². The molecule has 0 aliphatic heterocycles. The van der Waals surface area contributed by atoms with Gasteiger partial charge in [0.2, 0.25) is 5.95 Å². The maximum atomic E-state index is 10.1. The zero-order valence-corrected chi connectivity index (χ0v) is 20.6. The molecule has 3 N–H and O–H groups in total. The number of thiophene rings is 1. The van der Waals surface area contributed by atoms with Crippen LogP contribution in [-0.2, 0) is 6.54 Å². The van der Waals surface area contributed by atoms with Crippen LogP contribution in [0.3, 0.4) is 0 Å². The maximum absolute atomic E-state index is 10.1. The highest BCUT2D eigenvalue weighted by Gasteiger charge is 2.23. The molecule has 2 atom stereocenters. The van der Waals surface area contributed by atoms with E-state index in [1.807, 2.05) is 13.3 Å². The minimum absolute atomic E-state index is 0.113. The van der Waals surface area contributed by atoms with Gasteiger partial charge in [0.1, 0.15) is 0 Å². The number of benzene rings is 1. The Morgan fingerprint density at radius 2 is 1.94 bits per heavy atom. The van der Waals surface area contributed by atoms with Crippen molar-refractivity contribution in [3.05, 3.63) is 53.7 Å². The van der Waals surface area contributed by atoms with E-state index in [9.17, 15) is 5.11 Å². The molecule has 2 unspecified atom stereocenters. The first-order valence-electron chi connectivity index (χ1n) is 12.2. The first-order chi connectivity index (χ1) is 16.6. The van der Waals surface area contributed by atoms with E-state index < -0.39 is 6.10 Å². The smallest absolute Gasteiger partial charge is 0.227 e. The average molecular weight is 477 g/mol. The lowest BCUT2D eigenvalue weighted by Crippen LogP contribution is -2.31. The van der Waals surface area contributed by atoms with Gasteiger partial charge in [-0.25, -0.2) is 4.98 Å². The average Bonchev–Trinajstić information content (AvgIpc) is 3.62. The summed E-state index contributed by atoms with van der Waals surface area (Å²) in [4.78, 5) is 15.6. The van der Waals surface area contributed by atoms with E-state index >= 15 is 0 Å². The van der Waals surface area contributed by atoms with Gasteiger partial charge in [0, 0.05) is 17.5 Å². The van der Waals surface area contributed by atoms with Crippen LogP contribution >= 0.6 is 11.3 Å². The van der Waals surface area contributed by atoms with Crippen LogP contribution in [0.5, 0.6) is 0 Å². The second-order valence-corrected chi connectivity index (χ2v) is 10.0. The lowest BCUT2D eigenvalue weighted by molar-refractivity contribution is 0.169. The van der Waals surface area contributed by atoms with Crippen molar-refractivity contribution in [3.8, 4) is 10.4 Å². The third-order valence-corrected chi connectivity index (χ3v) is 7.61. The summed E-state index contributed by atoms with van der Waals surface area (Å²) in [6.07, 6.45) is 6.99. The number of anilines is 2. The van der Waals surface area contributed by atoms with Crippen molar-refractivity contribution < 1.29 is 5.11 Å². The van der Waals surface area contributed by atoms with Crippen molar-refractivity contribution in [2.75, 3.05) is 10.6 Å². The quantitative estimate of drug-likeness (QED) is 0.281. The molecule has 1 aliphatic carbocycles. The molecule has 34 heavy (non-hydrogen) atoms. The molecule has 0 radical (unpaired) electrons. The number of aliphatic hydroxyl groups is 1. The molecule has 0 saturated heterocycles. The molecule has 1 saturated carbocycles. The van der Waals surface area contributed by atoms with Crippen molar-refractivity contribution >= 4 is 34.3 Å². The highest BCUT2D eigenvalue weighted by atomic mass is 32.1. The number of aromatic nitrogens is 4. The topological polar surface area (TPSA) is 87.9 Å². The first-order valence-corrected chi connectivity index (χ1v) is 13.1. The third-order valence-electron chi connectivity index (χ3n) is 6.70. The van der Waals surface area contributed by atoms with E-state index in [1.54, 1.807) is 18.3 Å². The van der Waals surface area contributed by atoms with Crippen molar-refractivity contribution in [3.63, 3.8) is 0 Å². The summed E-state index contributed by atoms with van der Waals surface area (Å²) in [7, 11) is 0. The number of fused-ring (bicyclic) bond motifs is 1. The summed E-state index contributed by atoms with van der Waals surface area (Å²) in [6, 6.07) is 13.2. The standard InChI is InChI=1S/C26H32N6OS/c1-3-21(17(2)33)29-26-30-24(23-25(31-26)32(16-28-23)20-7-4-5-8-20)27-15-18-10-12-19(13-11-18)22-9-6-14-34-22/h6,9-14,16-17,20-21,33H,3-5,7-8,15H2,1-2H3,(H2,27,29,30,31). The van der Waals surface area contributed by atoms with Gasteiger partial charge < -0.3 is 20.3 Å². The van der Waals surface area contributed by atoms with Gasteiger partial charge in [-0.2, -0.15) is 9.97 Å². The zero-order chi connectivity index (χ0) is 23.5. The molecule has 1 aliphatic rings. The number of nitrogens with zero attached hydrogens (tertiary/aromatic N) is 4. The molecule has 4 aromatic rings. The van der Waals surface area contributed by atoms with Gasteiger partial charge in [-0.05, 0) is 48.8 Å². The number of nitrogens with one attached hydrogen (secondary N) is 2. The van der Waals surface area contributed by atoms with Crippen LogP contribution in [0.25, 0.3) is 21.6 Å². The Morgan fingerprint density at radius 3 is 2.62 bits per heavy atom. The molecule has 0 bridgehead atoms. The van der Waals surface area contributed by atoms with Gasteiger partial charge in [0.05, 0.1) is 18.5 Å². The second kappa shape index (κ2) is 10.1. The molecule has 7 nitrogen and oxygen atoms in total. The van der Waals surface area contributed by atoms with Crippen molar-refractivity contribution in [1.29, 1.82) is 0 Å². The minimum atomic E-state index is -0.498. The van der Waals surface area contributed by atoms with E-state index in [1.165, 1.54) is 28.8 Å². The van der Waals surface area contributed by atoms with Crippen LogP contribution in [0, 0.1) is 0 Å². The lowest BCUT2D eigenvalue weighted by atomic mass is 10.1. The molecule has 3 aromatic heterocycles. The number of rotatable bonds is 9. The molecule has 0 amide bonds. The first kappa shape index (κ1) is 22.8. The second-order valence-electron chi connectivity index (χ2n) is 9.09. The van der Waals surface area contributed by atoms with Crippen molar-refractivity contribution in [2.45, 2.75) is 70.7 Å². The Labute approximate surface area is 204 Å². The van der Waals surface area contributed by atoms with E-state index in [-0.39, 0.29) is 6.04 Å². The van der Waals surface area contributed by atoms with Gasteiger partial charge in [-0.15, -0.1) is 11.3 Å². The number of aliphatic hydroxyl groups excluding tert-OH is 1. The number of hydrogen-bond donors (Lipinski definition) is 3. The Hall–Kier alpha value is -2.97. The molecule has 0 spiro atoms. The molecule has 1 fully saturated rings. The Morgan fingerprint density at radius 1 is 1.15 bits per heavy atom. The zero-order valence-electron chi connectivity index (χ0n) is 19.7. The summed E-state index contributed by atoms with van der Waals surface area (Å²) in [6.45, 7) is 4.48. The summed E-state index contributed by atoms with van der Waals surface area (Å²) in [5.74, 6) is 1.24. The number of imidazole rings is 1. The Balaban J connectivity index is 1.42. The predicted octanol–water partition coefficient (Wildman–Crippen LogP) is 5.85. The van der Waals surface area contributed by atoms with E-state index in [2.05, 4.69) is 57.0 Å². The highest BCUT2D eigenvalue weighted by Crippen LogP contribution is 2.33. The molecular formula is C26H32N6OS. The largest absolute Gasteiger partial charge is 0.391 e. The summed E-state index contributed by atoms with van der Waals surface area (Å²) < 4.78 is 2.21. The third kappa shape index (κ3) is 4.79. The molecule has 178 valence electrons. The summed E-state index contributed by atoms with van der Waals surface area (Å²) in [5, 5.41) is 19.1. The highest BCUT2D eigenvalue weighted by molar-refractivity contribution is 7.13. The fourth-order valence-corrected chi connectivity index (χ4v) is 5.43. The maximum Gasteiger partial charge on any atom is 0.227 e. The molecule has 1 aromatic carbocycles. The Kier molecular flexibility index (Phi) is 6.78. The van der Waals surface area contributed by atoms with Gasteiger partial charge in [-0.1, -0.05) is 50.1 Å². The van der Waals surface area contributed by atoms with Crippen LogP contribution in [0.15, 0.2) is 48.1 Å². The van der Waals surface area contributed by atoms with E-state index in [4.69, 9.17) is 15.0 Å². The van der Waals surface area contributed by atoms with Crippen LogP contribution in [0.4, 0.5) is 11.8 Å². The van der Waals surface area contributed by atoms with Gasteiger partial charge in [0.25, 0.3) is 0 Å². The normalized spacial score (nSPS) is 16.1. The Bertz CT molecular complexity index is 1210. The lowest BCUT2D eigenvalue weighted by Gasteiger charge is -2.20. The van der Waals surface area contributed by atoms with Crippen LogP contribution in [0.2, 0.25) is 0 Å². The fourth-order valence-electron chi connectivity index (χ4n) is 4.70. The summed E-state index contributed by atoms with van der Waals surface area (Å²) in [5.41, 5.74) is 4.04. The van der Waals surface area contributed by atoms with E-state index in [0.29, 0.717) is 24.4 Å². The molecular weight excluding hydrogens is 444 g/mol. The van der Waals surface area contributed by atoms with Gasteiger partial charge in [0.15, 0.2) is 17.0 Å². The molecule has 5 rings (SSSR count). The van der Waals surface area contributed by atoms with E-state index in [0.717, 1.165) is 30.4 Å². The summed E-state index contributed by atoms with van der Waals surface area (Å²) >= 11 is 1.75. The fraction of sp³-hybridized carbons (Fsp3) is 0.423. The molecule has 3 heterocycles. The van der Waals surface area contributed by atoms with Gasteiger partial charge >= 0.3 is 0 Å². The molecule has 8 heteroatoms.